The molecule has 1 N–H and O–H groups in total. The van der Waals surface area contributed by atoms with Gasteiger partial charge in [-0.1, -0.05) is 34.8 Å². The van der Waals surface area contributed by atoms with Crippen molar-refractivity contribution >= 4 is 34.8 Å². The van der Waals surface area contributed by atoms with Gasteiger partial charge in [0.1, 0.15) is 0 Å². The van der Waals surface area contributed by atoms with Crippen molar-refractivity contribution < 1.29 is 0 Å². The molecule has 5 heteroatoms. The van der Waals surface area contributed by atoms with Crippen LogP contribution < -0.4 is 5.56 Å². The molecule has 0 unspecified atom stereocenters. The van der Waals surface area contributed by atoms with Gasteiger partial charge < -0.3 is 4.98 Å². The molecule has 0 saturated carbocycles. The molecule has 0 spiro atoms. The summed E-state index contributed by atoms with van der Waals surface area (Å²) >= 11 is 18.1. The molecular formula is C12H8Cl3NO. The average molecular weight is 289 g/mol. The Morgan fingerprint density at radius 1 is 1.06 bits per heavy atom. The van der Waals surface area contributed by atoms with Gasteiger partial charge in [0.15, 0.2) is 0 Å². The molecule has 0 amide bonds. The van der Waals surface area contributed by atoms with E-state index < -0.39 is 0 Å². The molecule has 0 aliphatic rings. The third kappa shape index (κ3) is 2.49. The van der Waals surface area contributed by atoms with E-state index >= 15 is 0 Å². The Hall–Kier alpha value is -0.960. The molecule has 0 aliphatic heterocycles. The zero-order valence-corrected chi connectivity index (χ0v) is 11.1. The topological polar surface area (TPSA) is 32.9 Å². The van der Waals surface area contributed by atoms with Gasteiger partial charge in [-0.15, -0.1) is 0 Å². The van der Waals surface area contributed by atoms with Gasteiger partial charge in [0.2, 0.25) is 5.56 Å². The first-order valence-corrected chi connectivity index (χ1v) is 5.97. The normalized spacial score (nSPS) is 10.6. The molecular weight excluding hydrogens is 280 g/mol. The molecule has 17 heavy (non-hydrogen) atoms. The summed E-state index contributed by atoms with van der Waals surface area (Å²) < 4.78 is 0. The molecule has 0 saturated heterocycles. The van der Waals surface area contributed by atoms with E-state index in [1.54, 1.807) is 25.1 Å². The minimum atomic E-state index is -0.202. The van der Waals surface area contributed by atoms with Gasteiger partial charge in [-0.05, 0) is 30.7 Å². The molecule has 2 aromatic rings. The number of aryl methyl sites for hydroxylation is 1. The van der Waals surface area contributed by atoms with E-state index in [2.05, 4.69) is 4.98 Å². The number of H-pyrrole nitrogens is 1. The summed E-state index contributed by atoms with van der Waals surface area (Å²) in [5.41, 5.74) is 1.77. The number of halogens is 3. The molecule has 1 aromatic heterocycles. The lowest BCUT2D eigenvalue weighted by atomic mass is 10.1. The molecule has 0 fully saturated rings. The van der Waals surface area contributed by atoms with Crippen LogP contribution in [-0.4, -0.2) is 4.98 Å². The van der Waals surface area contributed by atoms with E-state index in [1.165, 1.54) is 6.07 Å². The summed E-state index contributed by atoms with van der Waals surface area (Å²) in [6, 6.07) is 6.51. The lowest BCUT2D eigenvalue weighted by molar-refractivity contribution is 1.14. The number of aromatic nitrogens is 1. The first-order valence-electron chi connectivity index (χ1n) is 4.84. The van der Waals surface area contributed by atoms with Crippen LogP contribution in [0, 0.1) is 6.92 Å². The van der Waals surface area contributed by atoms with Gasteiger partial charge in [0, 0.05) is 17.3 Å². The number of hydrogen-bond donors (Lipinski definition) is 1. The molecule has 1 heterocycles. The predicted octanol–water partition coefficient (Wildman–Crippen LogP) is 4.31. The molecule has 0 atom stereocenters. The summed E-state index contributed by atoms with van der Waals surface area (Å²) in [5, 5.41) is 1.22. The fourth-order valence-electron chi connectivity index (χ4n) is 1.62. The van der Waals surface area contributed by atoms with Crippen LogP contribution in [0.5, 0.6) is 0 Å². The standard InChI is InChI=1S/C12H8Cl3NO/c1-6-4-7(5-10(17)16-6)11-8(13)2-3-9(14)12(11)15/h2-5H,1H3,(H,16,17). The summed E-state index contributed by atoms with van der Waals surface area (Å²) in [6.45, 7) is 1.79. The molecule has 88 valence electrons. The van der Waals surface area contributed by atoms with Crippen LogP contribution in [0.1, 0.15) is 5.69 Å². The highest BCUT2D eigenvalue weighted by Crippen LogP contribution is 2.38. The van der Waals surface area contributed by atoms with Crippen molar-refractivity contribution in [1.82, 2.24) is 4.98 Å². The maximum absolute atomic E-state index is 11.4. The van der Waals surface area contributed by atoms with Crippen molar-refractivity contribution in [2.45, 2.75) is 6.92 Å². The fraction of sp³-hybridized carbons (Fsp3) is 0.0833. The summed E-state index contributed by atoms with van der Waals surface area (Å²) in [7, 11) is 0. The number of hydrogen-bond acceptors (Lipinski definition) is 1. The van der Waals surface area contributed by atoms with Crippen LogP contribution in [0.2, 0.25) is 15.1 Å². The number of aromatic amines is 1. The second-order valence-electron chi connectivity index (χ2n) is 3.63. The molecule has 0 radical (unpaired) electrons. The van der Waals surface area contributed by atoms with E-state index in [0.717, 1.165) is 5.69 Å². The lowest BCUT2D eigenvalue weighted by Crippen LogP contribution is -2.05. The Balaban J connectivity index is 2.76. The van der Waals surface area contributed by atoms with Gasteiger partial charge in [-0.3, -0.25) is 4.79 Å². The molecule has 1 aromatic carbocycles. The Kier molecular flexibility index (Phi) is 3.48. The highest BCUT2D eigenvalue weighted by atomic mass is 35.5. The van der Waals surface area contributed by atoms with Crippen LogP contribution in [-0.2, 0) is 0 Å². The van der Waals surface area contributed by atoms with Crippen LogP contribution in [0.25, 0.3) is 11.1 Å². The molecule has 2 rings (SSSR count). The number of pyridine rings is 1. The quantitative estimate of drug-likeness (QED) is 0.779. The first kappa shape index (κ1) is 12.5. The van der Waals surface area contributed by atoms with Crippen LogP contribution in [0.4, 0.5) is 0 Å². The number of rotatable bonds is 1. The SMILES string of the molecule is Cc1cc(-c2c(Cl)ccc(Cl)c2Cl)cc(=O)[nH]1. The minimum Gasteiger partial charge on any atom is -0.326 e. The van der Waals surface area contributed by atoms with Gasteiger partial charge in [0.05, 0.1) is 15.1 Å². The monoisotopic (exact) mass is 287 g/mol. The Morgan fingerprint density at radius 2 is 1.71 bits per heavy atom. The molecule has 0 bridgehead atoms. The van der Waals surface area contributed by atoms with Crippen LogP contribution in [0.3, 0.4) is 0 Å². The third-order valence-corrected chi connectivity index (χ3v) is 3.43. The van der Waals surface area contributed by atoms with Gasteiger partial charge in [-0.25, -0.2) is 0 Å². The van der Waals surface area contributed by atoms with Crippen molar-refractivity contribution in [3.8, 4) is 11.1 Å². The summed E-state index contributed by atoms with van der Waals surface area (Å²) in [4.78, 5) is 14.1. The molecule has 2 nitrogen and oxygen atoms in total. The maximum atomic E-state index is 11.4. The zero-order chi connectivity index (χ0) is 12.6. The average Bonchev–Trinajstić information content (AvgIpc) is 2.23. The van der Waals surface area contributed by atoms with Crippen molar-refractivity contribution in [2.24, 2.45) is 0 Å². The number of nitrogens with one attached hydrogen (secondary N) is 1. The summed E-state index contributed by atoms with van der Waals surface area (Å²) in [6.07, 6.45) is 0. The maximum Gasteiger partial charge on any atom is 0.248 e. The van der Waals surface area contributed by atoms with Crippen molar-refractivity contribution in [3.05, 3.63) is 55.4 Å². The highest BCUT2D eigenvalue weighted by molar-refractivity contribution is 6.46. The van der Waals surface area contributed by atoms with Crippen LogP contribution in [0.15, 0.2) is 29.1 Å². The largest absolute Gasteiger partial charge is 0.326 e. The van der Waals surface area contributed by atoms with E-state index in [-0.39, 0.29) is 5.56 Å². The zero-order valence-electron chi connectivity index (χ0n) is 8.85. The van der Waals surface area contributed by atoms with Gasteiger partial charge in [0.25, 0.3) is 0 Å². The van der Waals surface area contributed by atoms with Gasteiger partial charge >= 0.3 is 0 Å². The van der Waals surface area contributed by atoms with Crippen molar-refractivity contribution in [3.63, 3.8) is 0 Å². The van der Waals surface area contributed by atoms with Crippen LogP contribution >= 0.6 is 34.8 Å². The number of benzene rings is 1. The van der Waals surface area contributed by atoms with Crippen molar-refractivity contribution in [2.75, 3.05) is 0 Å². The first-order chi connectivity index (χ1) is 7.99. The Labute approximate surface area is 113 Å². The second kappa shape index (κ2) is 4.73. The Bertz CT molecular complexity index is 634. The molecule has 0 aliphatic carbocycles. The Morgan fingerprint density at radius 3 is 2.35 bits per heavy atom. The lowest BCUT2D eigenvalue weighted by Gasteiger charge is -2.09. The van der Waals surface area contributed by atoms with E-state index in [1.807, 2.05) is 0 Å². The van der Waals surface area contributed by atoms with Gasteiger partial charge in [-0.2, -0.15) is 0 Å². The summed E-state index contributed by atoms with van der Waals surface area (Å²) in [5.74, 6) is 0. The predicted molar refractivity (Wildman–Crippen MR) is 72.3 cm³/mol. The second-order valence-corrected chi connectivity index (χ2v) is 4.83. The highest BCUT2D eigenvalue weighted by Gasteiger charge is 2.12. The van der Waals surface area contributed by atoms with Crippen molar-refractivity contribution in [1.29, 1.82) is 0 Å². The minimum absolute atomic E-state index is 0.202. The van der Waals surface area contributed by atoms with E-state index in [4.69, 9.17) is 34.8 Å². The van der Waals surface area contributed by atoms with E-state index in [9.17, 15) is 4.79 Å². The van der Waals surface area contributed by atoms with E-state index in [0.29, 0.717) is 26.2 Å². The third-order valence-electron chi connectivity index (χ3n) is 2.31. The fourth-order valence-corrected chi connectivity index (χ4v) is 2.37. The smallest absolute Gasteiger partial charge is 0.248 e.